The lowest BCUT2D eigenvalue weighted by Gasteiger charge is -2.23. The van der Waals surface area contributed by atoms with Crippen molar-refractivity contribution in [2.75, 3.05) is 26.4 Å². The average molecular weight is 378 g/mol. The summed E-state index contributed by atoms with van der Waals surface area (Å²) in [5.74, 6) is 2.29. The molecule has 3 fully saturated rings. The van der Waals surface area contributed by atoms with Crippen LogP contribution in [0.4, 0.5) is 0 Å². The SMILES string of the molecule is CN=C(NCc1cccc(CS(C)(=O)=O)c1)N1CC2C3CCC(O3)C2C1. The van der Waals surface area contributed by atoms with E-state index in [-0.39, 0.29) is 5.75 Å². The minimum Gasteiger partial charge on any atom is -0.374 e. The van der Waals surface area contributed by atoms with Gasteiger partial charge in [0.05, 0.1) is 18.0 Å². The second-order valence-electron chi connectivity index (χ2n) is 7.81. The van der Waals surface area contributed by atoms with Gasteiger partial charge in [-0.05, 0) is 24.0 Å². The summed E-state index contributed by atoms with van der Waals surface area (Å²) in [7, 11) is -1.20. The second kappa shape index (κ2) is 6.85. The Kier molecular flexibility index (Phi) is 4.69. The van der Waals surface area contributed by atoms with E-state index in [0.717, 1.165) is 30.2 Å². The van der Waals surface area contributed by atoms with E-state index < -0.39 is 9.84 Å². The molecule has 3 saturated heterocycles. The average Bonchev–Trinajstić information content (AvgIpc) is 3.27. The van der Waals surface area contributed by atoms with Gasteiger partial charge in [-0.25, -0.2) is 8.42 Å². The van der Waals surface area contributed by atoms with Gasteiger partial charge in [0.1, 0.15) is 0 Å². The molecule has 1 aromatic rings. The van der Waals surface area contributed by atoms with Gasteiger partial charge in [0.2, 0.25) is 0 Å². The highest BCUT2D eigenvalue weighted by atomic mass is 32.2. The number of nitrogens with one attached hydrogen (secondary N) is 1. The molecule has 3 aliphatic rings. The quantitative estimate of drug-likeness (QED) is 0.635. The first-order valence-electron chi connectivity index (χ1n) is 9.29. The molecule has 4 rings (SSSR count). The van der Waals surface area contributed by atoms with E-state index in [0.29, 0.717) is 30.6 Å². The van der Waals surface area contributed by atoms with Crippen LogP contribution in [0.25, 0.3) is 0 Å². The molecule has 4 atom stereocenters. The van der Waals surface area contributed by atoms with Gasteiger partial charge in [-0.1, -0.05) is 24.3 Å². The van der Waals surface area contributed by atoms with Gasteiger partial charge in [0.15, 0.2) is 15.8 Å². The molecule has 0 saturated carbocycles. The van der Waals surface area contributed by atoms with E-state index in [9.17, 15) is 8.42 Å². The van der Waals surface area contributed by atoms with Crippen LogP contribution in [0.3, 0.4) is 0 Å². The number of benzene rings is 1. The summed E-state index contributed by atoms with van der Waals surface area (Å²) in [5, 5.41) is 3.44. The van der Waals surface area contributed by atoms with Gasteiger partial charge >= 0.3 is 0 Å². The highest BCUT2D eigenvalue weighted by Crippen LogP contribution is 2.47. The maximum Gasteiger partial charge on any atom is 0.193 e. The lowest BCUT2D eigenvalue weighted by molar-refractivity contribution is 0.0767. The Hall–Kier alpha value is -1.60. The Labute approximate surface area is 155 Å². The van der Waals surface area contributed by atoms with Crippen molar-refractivity contribution in [2.24, 2.45) is 16.8 Å². The second-order valence-corrected chi connectivity index (χ2v) is 9.95. The van der Waals surface area contributed by atoms with E-state index in [1.807, 2.05) is 31.3 Å². The number of sulfone groups is 1. The molecule has 0 amide bonds. The smallest absolute Gasteiger partial charge is 0.193 e. The third-order valence-corrected chi connectivity index (χ3v) is 6.69. The molecule has 3 heterocycles. The van der Waals surface area contributed by atoms with Gasteiger partial charge in [-0.15, -0.1) is 0 Å². The van der Waals surface area contributed by atoms with Crippen molar-refractivity contribution in [3.05, 3.63) is 35.4 Å². The number of fused-ring (bicyclic) bond motifs is 5. The normalized spacial score (nSPS) is 30.7. The zero-order valence-electron chi connectivity index (χ0n) is 15.4. The molecule has 3 aliphatic heterocycles. The number of rotatable bonds is 4. The van der Waals surface area contributed by atoms with Crippen molar-refractivity contribution < 1.29 is 13.2 Å². The Morgan fingerprint density at radius 2 is 1.88 bits per heavy atom. The van der Waals surface area contributed by atoms with E-state index in [1.54, 1.807) is 0 Å². The molecule has 4 unspecified atom stereocenters. The van der Waals surface area contributed by atoms with Crippen molar-refractivity contribution >= 4 is 15.8 Å². The molecule has 0 spiro atoms. The van der Waals surface area contributed by atoms with E-state index >= 15 is 0 Å². The predicted octanol–water partition coefficient (Wildman–Crippen LogP) is 1.42. The van der Waals surface area contributed by atoms with Crippen molar-refractivity contribution in [3.8, 4) is 0 Å². The number of nitrogens with zero attached hydrogens (tertiary/aromatic N) is 2. The summed E-state index contributed by atoms with van der Waals surface area (Å²) < 4.78 is 29.0. The molecule has 26 heavy (non-hydrogen) atoms. The topological polar surface area (TPSA) is 71.0 Å². The first-order chi connectivity index (χ1) is 12.4. The van der Waals surface area contributed by atoms with Gasteiger partial charge in [0, 0.05) is 44.8 Å². The fourth-order valence-electron chi connectivity index (χ4n) is 4.78. The van der Waals surface area contributed by atoms with Gasteiger partial charge in [-0.2, -0.15) is 0 Å². The minimum absolute atomic E-state index is 0.0772. The third kappa shape index (κ3) is 3.60. The van der Waals surface area contributed by atoms with Crippen LogP contribution in [-0.4, -0.2) is 57.9 Å². The standard InChI is InChI=1S/C19H27N3O3S/c1-20-19(22-10-15-16(11-22)18-7-6-17(15)25-18)21-9-13-4-3-5-14(8-13)12-26(2,23)24/h3-5,8,15-18H,6-7,9-12H2,1-2H3,(H,20,21). The zero-order chi connectivity index (χ0) is 18.3. The van der Waals surface area contributed by atoms with E-state index in [1.165, 1.54) is 19.1 Å². The molecule has 7 heteroatoms. The van der Waals surface area contributed by atoms with Crippen molar-refractivity contribution in [2.45, 2.75) is 37.3 Å². The molecule has 6 nitrogen and oxygen atoms in total. The molecule has 1 N–H and O–H groups in total. The lowest BCUT2D eigenvalue weighted by Crippen LogP contribution is -2.41. The number of ether oxygens (including phenoxy) is 1. The van der Waals surface area contributed by atoms with Crippen LogP contribution < -0.4 is 5.32 Å². The number of guanidine groups is 1. The van der Waals surface area contributed by atoms with Gasteiger partial charge in [0.25, 0.3) is 0 Å². The largest absolute Gasteiger partial charge is 0.374 e. The molecular weight excluding hydrogens is 350 g/mol. The van der Waals surface area contributed by atoms with Crippen LogP contribution in [-0.2, 0) is 26.9 Å². The maximum absolute atomic E-state index is 11.5. The van der Waals surface area contributed by atoms with E-state index in [4.69, 9.17) is 4.74 Å². The Bertz CT molecular complexity index is 790. The fourth-order valence-corrected chi connectivity index (χ4v) is 5.56. The molecular formula is C19H27N3O3S. The minimum atomic E-state index is -3.02. The van der Waals surface area contributed by atoms with Crippen LogP contribution in [0.5, 0.6) is 0 Å². The summed E-state index contributed by atoms with van der Waals surface area (Å²) in [5.41, 5.74) is 1.89. The molecule has 142 valence electrons. The zero-order valence-corrected chi connectivity index (χ0v) is 16.2. The number of hydrogen-bond donors (Lipinski definition) is 1. The third-order valence-electron chi connectivity index (χ3n) is 5.83. The Morgan fingerprint density at radius 1 is 1.23 bits per heavy atom. The maximum atomic E-state index is 11.5. The molecule has 2 bridgehead atoms. The summed E-state index contributed by atoms with van der Waals surface area (Å²) >= 11 is 0. The number of hydrogen-bond acceptors (Lipinski definition) is 4. The van der Waals surface area contributed by atoms with Crippen LogP contribution >= 0.6 is 0 Å². The number of aliphatic imine (C=N–C) groups is 1. The fraction of sp³-hybridized carbons (Fsp3) is 0.632. The summed E-state index contributed by atoms with van der Waals surface area (Å²) in [6, 6.07) is 7.74. The predicted molar refractivity (Wildman–Crippen MR) is 102 cm³/mol. The van der Waals surface area contributed by atoms with E-state index in [2.05, 4.69) is 15.2 Å². The monoisotopic (exact) mass is 377 g/mol. The number of likely N-dealkylation sites (tertiary alicyclic amines) is 1. The molecule has 0 aliphatic carbocycles. The summed E-state index contributed by atoms with van der Waals surface area (Å²) in [6.45, 7) is 2.67. The summed E-state index contributed by atoms with van der Waals surface area (Å²) in [6.07, 6.45) is 4.57. The van der Waals surface area contributed by atoms with Crippen LogP contribution in [0.2, 0.25) is 0 Å². The highest BCUT2D eigenvalue weighted by Gasteiger charge is 2.53. The first kappa shape index (κ1) is 17.8. The van der Waals surface area contributed by atoms with Crippen LogP contribution in [0.1, 0.15) is 24.0 Å². The molecule has 0 radical (unpaired) electrons. The lowest BCUT2D eigenvalue weighted by atomic mass is 9.82. The first-order valence-corrected chi connectivity index (χ1v) is 11.4. The van der Waals surface area contributed by atoms with Gasteiger partial charge in [-0.3, -0.25) is 4.99 Å². The van der Waals surface area contributed by atoms with Crippen molar-refractivity contribution in [1.29, 1.82) is 0 Å². The van der Waals surface area contributed by atoms with Crippen molar-refractivity contribution in [1.82, 2.24) is 10.2 Å². The Balaban J connectivity index is 1.37. The highest BCUT2D eigenvalue weighted by molar-refractivity contribution is 7.89. The van der Waals surface area contributed by atoms with Crippen molar-refractivity contribution in [3.63, 3.8) is 0 Å². The Morgan fingerprint density at radius 3 is 2.50 bits per heavy atom. The van der Waals surface area contributed by atoms with Gasteiger partial charge < -0.3 is 15.0 Å². The molecule has 1 aromatic carbocycles. The summed E-state index contributed by atoms with van der Waals surface area (Å²) in [4.78, 5) is 6.81. The van der Waals surface area contributed by atoms with Crippen LogP contribution in [0.15, 0.2) is 29.3 Å². The van der Waals surface area contributed by atoms with Crippen LogP contribution in [0, 0.1) is 11.8 Å². The molecule has 0 aromatic heterocycles.